The summed E-state index contributed by atoms with van der Waals surface area (Å²) in [7, 11) is 0. The lowest BCUT2D eigenvalue weighted by Gasteiger charge is -2.22. The summed E-state index contributed by atoms with van der Waals surface area (Å²) < 4.78 is 19.5. The molecule has 3 unspecified atom stereocenters. The van der Waals surface area contributed by atoms with Crippen molar-refractivity contribution < 1.29 is 9.13 Å². The predicted octanol–water partition coefficient (Wildman–Crippen LogP) is 3.75. The standard InChI is InChI=1S/C17H24FNO/c1-2-19-10-13-7-16(18)9-17(8-13)20-11-15-6-12-3-4-14(15)5-12/h7-9,12,14-15,19H,2-6,10-11H2,1H3. The molecule has 110 valence electrons. The molecule has 0 amide bonds. The Kier molecular flexibility index (Phi) is 4.25. The van der Waals surface area contributed by atoms with E-state index in [2.05, 4.69) is 5.32 Å². The van der Waals surface area contributed by atoms with Crippen molar-refractivity contribution in [2.75, 3.05) is 13.2 Å². The van der Waals surface area contributed by atoms with Crippen LogP contribution >= 0.6 is 0 Å². The molecule has 1 aromatic carbocycles. The first-order valence-corrected chi connectivity index (χ1v) is 7.87. The first kappa shape index (κ1) is 13.9. The molecule has 1 aromatic rings. The average molecular weight is 277 g/mol. The maximum atomic E-state index is 13.6. The van der Waals surface area contributed by atoms with Crippen molar-refractivity contribution in [1.82, 2.24) is 5.32 Å². The quantitative estimate of drug-likeness (QED) is 0.855. The lowest BCUT2D eigenvalue weighted by molar-refractivity contribution is 0.194. The van der Waals surface area contributed by atoms with Gasteiger partial charge in [0.25, 0.3) is 0 Å². The Morgan fingerprint density at radius 3 is 2.85 bits per heavy atom. The Labute approximate surface area is 120 Å². The Bertz CT molecular complexity index is 462. The molecule has 3 heteroatoms. The molecule has 0 radical (unpaired) electrons. The molecule has 3 rings (SSSR count). The third-order valence-electron chi connectivity index (χ3n) is 4.86. The average Bonchev–Trinajstić information content (AvgIpc) is 3.05. The highest BCUT2D eigenvalue weighted by Crippen LogP contribution is 2.48. The summed E-state index contributed by atoms with van der Waals surface area (Å²) in [6, 6.07) is 5.04. The molecule has 0 heterocycles. The van der Waals surface area contributed by atoms with E-state index in [0.717, 1.165) is 30.6 Å². The van der Waals surface area contributed by atoms with Crippen molar-refractivity contribution in [1.29, 1.82) is 0 Å². The van der Waals surface area contributed by atoms with Gasteiger partial charge >= 0.3 is 0 Å². The van der Waals surface area contributed by atoms with Gasteiger partial charge < -0.3 is 10.1 Å². The summed E-state index contributed by atoms with van der Waals surface area (Å²) in [5.41, 5.74) is 0.954. The fourth-order valence-electron chi connectivity index (χ4n) is 3.86. The van der Waals surface area contributed by atoms with E-state index >= 15 is 0 Å². The van der Waals surface area contributed by atoms with Crippen LogP contribution in [0.5, 0.6) is 5.75 Å². The monoisotopic (exact) mass is 277 g/mol. The van der Waals surface area contributed by atoms with E-state index in [9.17, 15) is 4.39 Å². The van der Waals surface area contributed by atoms with E-state index in [1.807, 2.05) is 13.0 Å². The van der Waals surface area contributed by atoms with E-state index in [-0.39, 0.29) is 5.82 Å². The molecular weight excluding hydrogens is 253 g/mol. The van der Waals surface area contributed by atoms with E-state index in [4.69, 9.17) is 4.74 Å². The maximum absolute atomic E-state index is 13.6. The van der Waals surface area contributed by atoms with Crippen LogP contribution in [0.2, 0.25) is 0 Å². The number of hydrogen-bond donors (Lipinski definition) is 1. The first-order valence-electron chi connectivity index (χ1n) is 7.87. The highest BCUT2D eigenvalue weighted by atomic mass is 19.1. The first-order chi connectivity index (χ1) is 9.74. The maximum Gasteiger partial charge on any atom is 0.127 e. The summed E-state index contributed by atoms with van der Waals surface area (Å²) in [5, 5.41) is 3.22. The van der Waals surface area contributed by atoms with Gasteiger partial charge in [0.15, 0.2) is 0 Å². The lowest BCUT2D eigenvalue weighted by atomic mass is 9.89. The minimum absolute atomic E-state index is 0.205. The van der Waals surface area contributed by atoms with Crippen molar-refractivity contribution in [2.45, 2.75) is 39.2 Å². The summed E-state index contributed by atoms with van der Waals surface area (Å²) in [6.45, 7) is 4.38. The molecule has 2 bridgehead atoms. The van der Waals surface area contributed by atoms with Gasteiger partial charge in [-0.3, -0.25) is 0 Å². The van der Waals surface area contributed by atoms with Gasteiger partial charge in [-0.2, -0.15) is 0 Å². The van der Waals surface area contributed by atoms with Crippen LogP contribution < -0.4 is 10.1 Å². The Balaban J connectivity index is 1.57. The second-order valence-corrected chi connectivity index (χ2v) is 6.32. The predicted molar refractivity (Wildman–Crippen MR) is 78.2 cm³/mol. The molecule has 2 aliphatic rings. The molecule has 0 spiro atoms. The molecule has 1 N–H and O–H groups in total. The largest absolute Gasteiger partial charge is 0.493 e. The number of benzene rings is 1. The topological polar surface area (TPSA) is 21.3 Å². The number of ether oxygens (including phenoxy) is 1. The van der Waals surface area contributed by atoms with Crippen LogP contribution in [0.25, 0.3) is 0 Å². The summed E-state index contributed by atoms with van der Waals surface area (Å²) in [5.74, 6) is 2.96. The van der Waals surface area contributed by atoms with Crippen molar-refractivity contribution in [2.24, 2.45) is 17.8 Å². The molecule has 20 heavy (non-hydrogen) atoms. The number of fused-ring (bicyclic) bond motifs is 2. The van der Waals surface area contributed by atoms with E-state index in [1.165, 1.54) is 31.7 Å². The zero-order valence-corrected chi connectivity index (χ0v) is 12.2. The van der Waals surface area contributed by atoms with E-state index in [0.29, 0.717) is 18.2 Å². The number of rotatable bonds is 6. The normalized spacial score (nSPS) is 28.0. The highest BCUT2D eigenvalue weighted by molar-refractivity contribution is 5.29. The van der Waals surface area contributed by atoms with Gasteiger partial charge in [0.1, 0.15) is 11.6 Å². The van der Waals surface area contributed by atoms with E-state index in [1.54, 1.807) is 6.07 Å². The summed E-state index contributed by atoms with van der Waals surface area (Å²) in [6.07, 6.45) is 5.48. The zero-order chi connectivity index (χ0) is 13.9. The Morgan fingerprint density at radius 2 is 2.15 bits per heavy atom. The van der Waals surface area contributed by atoms with Crippen molar-refractivity contribution in [3.05, 3.63) is 29.6 Å². The Morgan fingerprint density at radius 1 is 1.25 bits per heavy atom. The van der Waals surface area contributed by atoms with Gasteiger partial charge in [-0.1, -0.05) is 13.3 Å². The van der Waals surface area contributed by atoms with Gasteiger partial charge in [-0.15, -0.1) is 0 Å². The molecule has 0 aromatic heterocycles. The molecule has 3 atom stereocenters. The summed E-state index contributed by atoms with van der Waals surface area (Å²) in [4.78, 5) is 0. The van der Waals surface area contributed by atoms with Gasteiger partial charge in [0, 0.05) is 12.6 Å². The second kappa shape index (κ2) is 6.13. The van der Waals surface area contributed by atoms with Crippen molar-refractivity contribution >= 4 is 0 Å². The smallest absolute Gasteiger partial charge is 0.127 e. The van der Waals surface area contributed by atoms with Gasteiger partial charge in [-0.25, -0.2) is 4.39 Å². The van der Waals surface area contributed by atoms with Crippen LogP contribution in [-0.4, -0.2) is 13.2 Å². The third-order valence-corrected chi connectivity index (χ3v) is 4.86. The molecule has 0 aliphatic heterocycles. The van der Waals surface area contributed by atoms with Gasteiger partial charge in [-0.05, 0) is 61.3 Å². The van der Waals surface area contributed by atoms with Gasteiger partial charge in [0.05, 0.1) is 6.61 Å². The van der Waals surface area contributed by atoms with Crippen LogP contribution in [0.15, 0.2) is 18.2 Å². The number of halogens is 1. The van der Waals surface area contributed by atoms with Crippen molar-refractivity contribution in [3.8, 4) is 5.75 Å². The number of nitrogens with one attached hydrogen (secondary N) is 1. The molecular formula is C17H24FNO. The highest BCUT2D eigenvalue weighted by Gasteiger charge is 2.39. The fraction of sp³-hybridized carbons (Fsp3) is 0.647. The minimum atomic E-state index is -0.205. The summed E-state index contributed by atoms with van der Waals surface area (Å²) >= 11 is 0. The van der Waals surface area contributed by atoms with E-state index < -0.39 is 0 Å². The molecule has 2 nitrogen and oxygen atoms in total. The molecule has 2 aliphatic carbocycles. The van der Waals surface area contributed by atoms with Crippen LogP contribution in [0.3, 0.4) is 0 Å². The number of hydrogen-bond acceptors (Lipinski definition) is 2. The van der Waals surface area contributed by atoms with Crippen molar-refractivity contribution in [3.63, 3.8) is 0 Å². The van der Waals surface area contributed by atoms with Crippen LogP contribution in [-0.2, 0) is 6.54 Å². The lowest BCUT2D eigenvalue weighted by Crippen LogP contribution is -2.18. The molecule has 0 saturated heterocycles. The van der Waals surface area contributed by atoms with Crippen LogP contribution in [0.1, 0.15) is 38.2 Å². The molecule has 2 saturated carbocycles. The fourth-order valence-corrected chi connectivity index (χ4v) is 3.86. The van der Waals surface area contributed by atoms with Crippen LogP contribution in [0, 0.1) is 23.6 Å². The SMILES string of the molecule is CCNCc1cc(F)cc(OCC2CC3CCC2C3)c1. The minimum Gasteiger partial charge on any atom is -0.493 e. The Hall–Kier alpha value is -1.09. The zero-order valence-electron chi connectivity index (χ0n) is 12.2. The second-order valence-electron chi connectivity index (χ2n) is 6.32. The molecule has 2 fully saturated rings. The van der Waals surface area contributed by atoms with Crippen LogP contribution in [0.4, 0.5) is 4.39 Å². The third kappa shape index (κ3) is 3.14. The van der Waals surface area contributed by atoms with Gasteiger partial charge in [0.2, 0.25) is 0 Å².